The number of pyridine rings is 1. The highest BCUT2D eigenvalue weighted by molar-refractivity contribution is 6.41. The summed E-state index contributed by atoms with van der Waals surface area (Å²) in [6, 6.07) is 2.66. The highest BCUT2D eigenvalue weighted by atomic mass is 19.1. The molecule has 3 N–H and O–H groups in total. The fraction of sp³-hybridized carbons (Fsp3) is 0.500. The molecule has 9 heteroatoms. The van der Waals surface area contributed by atoms with Crippen LogP contribution in [-0.4, -0.2) is 42.4 Å². The van der Waals surface area contributed by atoms with Crippen molar-refractivity contribution in [2.75, 3.05) is 19.0 Å². The Morgan fingerprint density at radius 1 is 1.28 bits per heavy atom. The molecule has 0 bridgehead atoms. The Hall–Kier alpha value is -2.55. The highest BCUT2D eigenvalue weighted by Gasteiger charge is 2.28. The Morgan fingerprint density at radius 2 is 1.96 bits per heavy atom. The SMILES string of the molecule is COC(=O)C1CCC(Oc2ccc(NC(=O)C(=O)CN)c(F)n2)CC1. The van der Waals surface area contributed by atoms with E-state index in [-0.39, 0.29) is 29.6 Å². The van der Waals surface area contributed by atoms with Gasteiger partial charge in [-0.2, -0.15) is 9.37 Å². The Balaban J connectivity index is 1.92. The summed E-state index contributed by atoms with van der Waals surface area (Å²) in [7, 11) is 1.36. The van der Waals surface area contributed by atoms with Crippen molar-refractivity contribution in [3.05, 3.63) is 18.1 Å². The first kappa shape index (κ1) is 18.8. The van der Waals surface area contributed by atoms with Gasteiger partial charge in [0.25, 0.3) is 5.91 Å². The van der Waals surface area contributed by atoms with Gasteiger partial charge in [-0.05, 0) is 31.7 Å². The lowest BCUT2D eigenvalue weighted by Crippen LogP contribution is -2.30. The fourth-order valence-electron chi connectivity index (χ4n) is 2.62. The van der Waals surface area contributed by atoms with Gasteiger partial charge in [-0.1, -0.05) is 0 Å². The van der Waals surface area contributed by atoms with Gasteiger partial charge in [-0.15, -0.1) is 0 Å². The van der Waals surface area contributed by atoms with Crippen molar-refractivity contribution in [1.82, 2.24) is 4.98 Å². The van der Waals surface area contributed by atoms with E-state index < -0.39 is 24.2 Å². The molecule has 0 atom stereocenters. The number of ether oxygens (including phenoxy) is 2. The molecule has 0 radical (unpaired) electrons. The van der Waals surface area contributed by atoms with E-state index in [0.29, 0.717) is 25.7 Å². The zero-order valence-corrected chi connectivity index (χ0v) is 13.8. The average molecular weight is 353 g/mol. The van der Waals surface area contributed by atoms with Crippen LogP contribution < -0.4 is 15.8 Å². The van der Waals surface area contributed by atoms with Gasteiger partial charge in [0.05, 0.1) is 25.3 Å². The number of esters is 1. The minimum absolute atomic E-state index is 0.0715. The number of amides is 1. The van der Waals surface area contributed by atoms with E-state index in [1.807, 2.05) is 0 Å². The minimum Gasteiger partial charge on any atom is -0.474 e. The molecule has 1 aliphatic rings. The normalized spacial score (nSPS) is 19.8. The first-order valence-corrected chi connectivity index (χ1v) is 7.89. The Morgan fingerprint density at radius 3 is 2.52 bits per heavy atom. The predicted molar refractivity (Wildman–Crippen MR) is 85.3 cm³/mol. The molecule has 1 aliphatic carbocycles. The average Bonchev–Trinajstić information content (AvgIpc) is 2.63. The van der Waals surface area contributed by atoms with Crippen molar-refractivity contribution < 1.29 is 28.2 Å². The second-order valence-electron chi connectivity index (χ2n) is 5.68. The molecule has 0 aliphatic heterocycles. The summed E-state index contributed by atoms with van der Waals surface area (Å²) in [5.74, 6) is -3.11. The first-order valence-electron chi connectivity index (χ1n) is 7.89. The molecular weight excluding hydrogens is 333 g/mol. The van der Waals surface area contributed by atoms with Crippen molar-refractivity contribution in [3.63, 3.8) is 0 Å². The number of hydrogen-bond acceptors (Lipinski definition) is 7. The van der Waals surface area contributed by atoms with Crippen molar-refractivity contribution in [1.29, 1.82) is 0 Å². The molecule has 1 amide bonds. The maximum absolute atomic E-state index is 13.9. The fourth-order valence-corrected chi connectivity index (χ4v) is 2.62. The number of carbonyl (C=O) groups excluding carboxylic acids is 3. The van der Waals surface area contributed by atoms with Crippen LogP contribution >= 0.6 is 0 Å². The van der Waals surface area contributed by atoms with E-state index in [1.54, 1.807) is 0 Å². The molecular formula is C16H20FN3O5. The van der Waals surface area contributed by atoms with Gasteiger partial charge in [-0.3, -0.25) is 14.4 Å². The Bertz CT molecular complexity index is 659. The molecule has 1 fully saturated rings. The lowest BCUT2D eigenvalue weighted by molar-refractivity contribution is -0.147. The van der Waals surface area contributed by atoms with E-state index in [0.717, 1.165) is 0 Å². The quantitative estimate of drug-likeness (QED) is 0.441. The number of ketones is 1. The van der Waals surface area contributed by atoms with Crippen LogP contribution in [0.4, 0.5) is 10.1 Å². The summed E-state index contributed by atoms with van der Waals surface area (Å²) >= 11 is 0. The van der Waals surface area contributed by atoms with E-state index in [1.165, 1.54) is 19.2 Å². The van der Waals surface area contributed by atoms with Crippen LogP contribution in [-0.2, 0) is 19.1 Å². The molecule has 1 aromatic rings. The van der Waals surface area contributed by atoms with E-state index >= 15 is 0 Å². The standard InChI is InChI=1S/C16H20FN3O5/c1-24-16(23)9-2-4-10(5-3-9)25-13-7-6-11(14(17)20-13)19-15(22)12(21)8-18/h6-7,9-10H,2-5,8,18H2,1H3,(H,19,22). The van der Waals surface area contributed by atoms with Crippen molar-refractivity contribution in [2.45, 2.75) is 31.8 Å². The van der Waals surface area contributed by atoms with Crippen LogP contribution in [0.2, 0.25) is 0 Å². The second-order valence-corrected chi connectivity index (χ2v) is 5.68. The lowest BCUT2D eigenvalue weighted by Gasteiger charge is -2.27. The third-order valence-corrected chi connectivity index (χ3v) is 4.01. The molecule has 0 spiro atoms. The number of Topliss-reactive ketones (excluding diaryl/α,β-unsaturated/α-hetero) is 1. The molecule has 25 heavy (non-hydrogen) atoms. The second kappa shape index (κ2) is 8.52. The number of nitrogens with two attached hydrogens (primary N) is 1. The third-order valence-electron chi connectivity index (χ3n) is 4.01. The maximum atomic E-state index is 13.9. The number of anilines is 1. The van der Waals surface area contributed by atoms with Gasteiger partial charge in [0.15, 0.2) is 0 Å². The van der Waals surface area contributed by atoms with E-state index in [2.05, 4.69) is 10.3 Å². The van der Waals surface area contributed by atoms with Gasteiger partial charge >= 0.3 is 5.97 Å². The maximum Gasteiger partial charge on any atom is 0.308 e. The van der Waals surface area contributed by atoms with Gasteiger partial charge < -0.3 is 20.5 Å². The zero-order chi connectivity index (χ0) is 18.4. The van der Waals surface area contributed by atoms with Gasteiger partial charge in [0.1, 0.15) is 6.10 Å². The van der Waals surface area contributed by atoms with Crippen LogP contribution in [0.15, 0.2) is 12.1 Å². The van der Waals surface area contributed by atoms with Crippen LogP contribution in [0.1, 0.15) is 25.7 Å². The lowest BCUT2D eigenvalue weighted by atomic mass is 9.87. The van der Waals surface area contributed by atoms with Crippen molar-refractivity contribution in [2.24, 2.45) is 11.7 Å². The van der Waals surface area contributed by atoms with Crippen molar-refractivity contribution in [3.8, 4) is 5.88 Å². The molecule has 0 aromatic carbocycles. The molecule has 8 nitrogen and oxygen atoms in total. The summed E-state index contributed by atoms with van der Waals surface area (Å²) in [5, 5.41) is 2.10. The minimum atomic E-state index is -1.00. The number of methoxy groups -OCH3 is 1. The highest BCUT2D eigenvalue weighted by Crippen LogP contribution is 2.28. The number of rotatable bonds is 6. The zero-order valence-electron chi connectivity index (χ0n) is 13.8. The van der Waals surface area contributed by atoms with Gasteiger partial charge in [-0.25, -0.2) is 0 Å². The number of carbonyl (C=O) groups is 3. The number of aromatic nitrogens is 1. The number of hydrogen-bond donors (Lipinski definition) is 2. The summed E-state index contributed by atoms with van der Waals surface area (Å²) in [4.78, 5) is 37.6. The number of halogens is 1. The predicted octanol–water partition coefficient (Wildman–Crippen LogP) is 0.798. The largest absolute Gasteiger partial charge is 0.474 e. The van der Waals surface area contributed by atoms with E-state index in [9.17, 15) is 18.8 Å². The summed E-state index contributed by atoms with van der Waals surface area (Å²) in [5.41, 5.74) is 4.83. The molecule has 1 saturated carbocycles. The topological polar surface area (TPSA) is 121 Å². The Kier molecular flexibility index (Phi) is 6.40. The molecule has 1 heterocycles. The van der Waals surface area contributed by atoms with Gasteiger partial charge in [0, 0.05) is 6.07 Å². The molecule has 0 saturated heterocycles. The summed E-state index contributed by atoms with van der Waals surface area (Å²) in [6.07, 6.45) is 2.36. The van der Waals surface area contributed by atoms with Crippen molar-refractivity contribution >= 4 is 23.3 Å². The monoisotopic (exact) mass is 353 g/mol. The summed E-state index contributed by atoms with van der Waals surface area (Å²) in [6.45, 7) is -0.462. The summed E-state index contributed by atoms with van der Waals surface area (Å²) < 4.78 is 24.3. The molecule has 136 valence electrons. The van der Waals surface area contributed by atoms with Crippen LogP contribution in [0.25, 0.3) is 0 Å². The van der Waals surface area contributed by atoms with E-state index in [4.69, 9.17) is 15.2 Å². The van der Waals surface area contributed by atoms with Crippen LogP contribution in [0.5, 0.6) is 5.88 Å². The molecule has 2 rings (SSSR count). The first-order chi connectivity index (χ1) is 11.9. The number of nitrogens with one attached hydrogen (secondary N) is 1. The smallest absolute Gasteiger partial charge is 0.308 e. The molecule has 0 unspecified atom stereocenters. The molecule has 1 aromatic heterocycles. The Labute approximate surface area is 143 Å². The number of nitrogens with zero attached hydrogens (tertiary/aromatic N) is 1. The van der Waals surface area contributed by atoms with Crippen LogP contribution in [0.3, 0.4) is 0 Å². The third kappa shape index (κ3) is 4.96. The van der Waals surface area contributed by atoms with Gasteiger partial charge in [0.2, 0.25) is 17.6 Å². The van der Waals surface area contributed by atoms with Crippen LogP contribution in [0, 0.1) is 11.9 Å².